The first kappa shape index (κ1) is 12.7. The van der Waals surface area contributed by atoms with Crippen molar-refractivity contribution in [3.05, 3.63) is 12.2 Å². The molecule has 15 heavy (non-hydrogen) atoms. The zero-order chi connectivity index (χ0) is 11.4. The summed E-state index contributed by atoms with van der Waals surface area (Å²) in [6.45, 7) is 5.34. The van der Waals surface area contributed by atoms with Crippen molar-refractivity contribution in [1.29, 1.82) is 0 Å². The van der Waals surface area contributed by atoms with E-state index in [0.717, 1.165) is 25.8 Å². The predicted octanol–water partition coefficient (Wildman–Crippen LogP) is 2.88. The van der Waals surface area contributed by atoms with Gasteiger partial charge in [-0.15, -0.1) is 0 Å². The van der Waals surface area contributed by atoms with Crippen molar-refractivity contribution in [2.75, 3.05) is 13.7 Å². The van der Waals surface area contributed by atoms with Crippen molar-refractivity contribution in [2.45, 2.75) is 51.6 Å². The molecular formula is C13H25NO. The first-order valence-corrected chi connectivity index (χ1v) is 5.97. The van der Waals surface area contributed by atoms with Gasteiger partial charge in [0.1, 0.15) is 0 Å². The zero-order valence-electron chi connectivity index (χ0n) is 10.4. The third kappa shape index (κ3) is 3.62. The van der Waals surface area contributed by atoms with Gasteiger partial charge in [-0.25, -0.2) is 0 Å². The van der Waals surface area contributed by atoms with Gasteiger partial charge in [0.25, 0.3) is 0 Å². The maximum atomic E-state index is 5.60. The summed E-state index contributed by atoms with van der Waals surface area (Å²) in [5, 5.41) is 0. The maximum Gasteiger partial charge on any atom is 0.0693 e. The van der Waals surface area contributed by atoms with E-state index in [1.807, 2.05) is 7.11 Å². The molecule has 0 aromatic heterocycles. The average molecular weight is 211 g/mol. The Morgan fingerprint density at radius 2 is 2.07 bits per heavy atom. The van der Waals surface area contributed by atoms with E-state index in [1.54, 1.807) is 0 Å². The standard InChI is InChI=1S/C13H25NO/c1-12(7-4-5-10-14)8-6-9-13(2,11-12)15-3/h6,8H,4-5,7,9-11,14H2,1-3H3. The van der Waals surface area contributed by atoms with Crippen LogP contribution in [0, 0.1) is 5.41 Å². The lowest BCUT2D eigenvalue weighted by molar-refractivity contribution is -0.0281. The summed E-state index contributed by atoms with van der Waals surface area (Å²) in [5.41, 5.74) is 5.86. The molecule has 0 radical (unpaired) electrons. The van der Waals surface area contributed by atoms with Crippen LogP contribution in [-0.4, -0.2) is 19.3 Å². The fourth-order valence-corrected chi connectivity index (χ4v) is 2.58. The molecule has 0 saturated carbocycles. The van der Waals surface area contributed by atoms with Gasteiger partial charge in [-0.1, -0.05) is 25.5 Å². The number of allylic oxidation sites excluding steroid dienone is 1. The second-order valence-electron chi connectivity index (χ2n) is 5.34. The minimum Gasteiger partial charge on any atom is -0.378 e. The summed E-state index contributed by atoms with van der Waals surface area (Å²) in [6.07, 6.45) is 10.4. The van der Waals surface area contributed by atoms with Crippen molar-refractivity contribution in [2.24, 2.45) is 11.1 Å². The maximum absolute atomic E-state index is 5.60. The molecule has 0 fully saturated rings. The van der Waals surface area contributed by atoms with Crippen molar-refractivity contribution in [3.63, 3.8) is 0 Å². The Balaban J connectivity index is 2.53. The van der Waals surface area contributed by atoms with Gasteiger partial charge in [-0.05, 0) is 44.6 Å². The van der Waals surface area contributed by atoms with Crippen molar-refractivity contribution >= 4 is 0 Å². The Morgan fingerprint density at radius 3 is 2.67 bits per heavy atom. The summed E-state index contributed by atoms with van der Waals surface area (Å²) in [5.74, 6) is 0. The van der Waals surface area contributed by atoms with Crippen molar-refractivity contribution in [3.8, 4) is 0 Å². The molecule has 0 saturated heterocycles. The lowest BCUT2D eigenvalue weighted by Crippen LogP contribution is -2.36. The summed E-state index contributed by atoms with van der Waals surface area (Å²) in [6, 6.07) is 0. The van der Waals surface area contributed by atoms with E-state index >= 15 is 0 Å². The van der Waals surface area contributed by atoms with Crippen molar-refractivity contribution < 1.29 is 4.74 Å². The minimum absolute atomic E-state index is 0.0339. The lowest BCUT2D eigenvalue weighted by atomic mass is 9.71. The molecule has 0 bridgehead atoms. The number of ether oxygens (including phenoxy) is 1. The minimum atomic E-state index is 0.0339. The molecule has 0 aliphatic heterocycles. The third-order valence-corrected chi connectivity index (χ3v) is 3.54. The van der Waals surface area contributed by atoms with Crippen LogP contribution in [0.5, 0.6) is 0 Å². The molecule has 2 unspecified atom stereocenters. The van der Waals surface area contributed by atoms with Gasteiger partial charge in [0, 0.05) is 7.11 Å². The van der Waals surface area contributed by atoms with Crippen LogP contribution in [0.2, 0.25) is 0 Å². The molecule has 2 atom stereocenters. The topological polar surface area (TPSA) is 35.2 Å². The van der Waals surface area contributed by atoms with Crippen LogP contribution in [0.15, 0.2) is 12.2 Å². The van der Waals surface area contributed by atoms with Gasteiger partial charge < -0.3 is 10.5 Å². The van der Waals surface area contributed by atoms with Crippen LogP contribution in [0.1, 0.15) is 46.0 Å². The molecule has 0 amide bonds. The predicted molar refractivity (Wildman–Crippen MR) is 64.8 cm³/mol. The number of unbranched alkanes of at least 4 members (excludes halogenated alkanes) is 1. The van der Waals surface area contributed by atoms with E-state index in [4.69, 9.17) is 10.5 Å². The van der Waals surface area contributed by atoms with Gasteiger partial charge in [0.15, 0.2) is 0 Å². The monoisotopic (exact) mass is 211 g/mol. The Morgan fingerprint density at radius 1 is 1.33 bits per heavy atom. The quantitative estimate of drug-likeness (QED) is 0.560. The average Bonchev–Trinajstić information content (AvgIpc) is 2.18. The van der Waals surface area contributed by atoms with Crippen LogP contribution in [0.25, 0.3) is 0 Å². The highest BCUT2D eigenvalue weighted by molar-refractivity contribution is 5.08. The lowest BCUT2D eigenvalue weighted by Gasteiger charge is -2.40. The smallest absolute Gasteiger partial charge is 0.0693 e. The van der Waals surface area contributed by atoms with Crippen LogP contribution < -0.4 is 5.73 Å². The summed E-state index contributed by atoms with van der Waals surface area (Å²) >= 11 is 0. The van der Waals surface area contributed by atoms with Crippen LogP contribution in [0.4, 0.5) is 0 Å². The van der Waals surface area contributed by atoms with Gasteiger partial charge in [0.05, 0.1) is 5.60 Å². The van der Waals surface area contributed by atoms with Gasteiger partial charge in [-0.2, -0.15) is 0 Å². The highest BCUT2D eigenvalue weighted by Gasteiger charge is 2.35. The number of rotatable bonds is 5. The number of methoxy groups -OCH3 is 1. The molecule has 1 aliphatic rings. The number of hydrogen-bond donors (Lipinski definition) is 1. The Labute approximate surface area is 93.9 Å². The summed E-state index contributed by atoms with van der Waals surface area (Å²) in [4.78, 5) is 0. The molecule has 2 N–H and O–H groups in total. The first-order valence-electron chi connectivity index (χ1n) is 5.97. The van der Waals surface area contributed by atoms with Crippen molar-refractivity contribution in [1.82, 2.24) is 0 Å². The Bertz CT molecular complexity index is 227. The molecule has 0 aromatic carbocycles. The Kier molecular flexibility index (Phi) is 4.35. The van der Waals surface area contributed by atoms with E-state index in [-0.39, 0.29) is 5.60 Å². The van der Waals surface area contributed by atoms with E-state index in [1.165, 1.54) is 12.8 Å². The molecule has 0 spiro atoms. The second-order valence-corrected chi connectivity index (χ2v) is 5.34. The second kappa shape index (κ2) is 5.13. The zero-order valence-corrected chi connectivity index (χ0v) is 10.4. The molecule has 2 heteroatoms. The molecular weight excluding hydrogens is 186 g/mol. The SMILES string of the molecule is COC1(C)CC=CC(C)(CCCCN)C1. The Hall–Kier alpha value is -0.340. The van der Waals surface area contributed by atoms with E-state index in [9.17, 15) is 0 Å². The number of hydrogen-bond acceptors (Lipinski definition) is 2. The molecule has 0 heterocycles. The van der Waals surface area contributed by atoms with Crippen LogP contribution in [-0.2, 0) is 4.74 Å². The molecule has 88 valence electrons. The van der Waals surface area contributed by atoms with Crippen LogP contribution in [0.3, 0.4) is 0 Å². The highest BCUT2D eigenvalue weighted by Crippen LogP contribution is 2.41. The van der Waals surface area contributed by atoms with Gasteiger partial charge in [0.2, 0.25) is 0 Å². The third-order valence-electron chi connectivity index (χ3n) is 3.54. The summed E-state index contributed by atoms with van der Waals surface area (Å²) < 4.78 is 5.60. The largest absolute Gasteiger partial charge is 0.378 e. The first-order chi connectivity index (χ1) is 7.04. The molecule has 1 rings (SSSR count). The van der Waals surface area contributed by atoms with E-state index < -0.39 is 0 Å². The highest BCUT2D eigenvalue weighted by atomic mass is 16.5. The number of nitrogens with two attached hydrogens (primary N) is 1. The molecule has 0 aromatic rings. The van der Waals surface area contributed by atoms with Gasteiger partial charge in [-0.3, -0.25) is 0 Å². The molecule has 2 nitrogen and oxygen atoms in total. The summed E-state index contributed by atoms with van der Waals surface area (Å²) in [7, 11) is 1.82. The molecule has 1 aliphatic carbocycles. The van der Waals surface area contributed by atoms with E-state index in [0.29, 0.717) is 5.41 Å². The van der Waals surface area contributed by atoms with E-state index in [2.05, 4.69) is 26.0 Å². The normalized spacial score (nSPS) is 35.7. The fourth-order valence-electron chi connectivity index (χ4n) is 2.58. The fraction of sp³-hybridized carbons (Fsp3) is 0.846. The van der Waals surface area contributed by atoms with Crippen LogP contribution >= 0.6 is 0 Å². The van der Waals surface area contributed by atoms with Gasteiger partial charge >= 0.3 is 0 Å².